The highest BCUT2D eigenvalue weighted by atomic mass is 15.3. The summed E-state index contributed by atoms with van der Waals surface area (Å²) in [6.45, 7) is 4.79. The molecule has 0 bridgehead atoms. The van der Waals surface area contributed by atoms with E-state index < -0.39 is 0 Å². The SMILES string of the molecule is CCCN=C=NCC[N+](C)(C)C. The highest BCUT2D eigenvalue weighted by molar-refractivity contribution is 5.40. The van der Waals surface area contributed by atoms with Gasteiger partial charge in [-0.2, -0.15) is 0 Å². The van der Waals surface area contributed by atoms with Crippen LogP contribution in [0.4, 0.5) is 0 Å². The Morgan fingerprint density at radius 1 is 1.08 bits per heavy atom. The largest absolute Gasteiger partial charge is 0.329 e. The smallest absolute Gasteiger partial charge is 0.0990 e. The molecule has 0 aromatic heterocycles. The van der Waals surface area contributed by atoms with Crippen LogP contribution in [0.15, 0.2) is 9.98 Å². The first-order valence-corrected chi connectivity index (χ1v) is 4.44. The van der Waals surface area contributed by atoms with Crippen LogP contribution in [0, 0.1) is 0 Å². The second-order valence-electron chi connectivity index (χ2n) is 3.88. The van der Waals surface area contributed by atoms with Gasteiger partial charge in [0.15, 0.2) is 0 Å². The average molecular weight is 170 g/mol. The summed E-state index contributed by atoms with van der Waals surface area (Å²) in [5, 5.41) is 0. The molecule has 0 atom stereocenters. The van der Waals surface area contributed by atoms with E-state index in [1.807, 2.05) is 0 Å². The van der Waals surface area contributed by atoms with Crippen LogP contribution in [-0.4, -0.2) is 51.3 Å². The molecule has 0 spiro atoms. The van der Waals surface area contributed by atoms with Gasteiger partial charge in [0, 0.05) is 6.54 Å². The molecule has 0 radical (unpaired) electrons. The number of likely N-dealkylation sites (N-methyl/N-ethyl adjacent to an activating group) is 1. The monoisotopic (exact) mass is 170 g/mol. The molecule has 12 heavy (non-hydrogen) atoms. The molecule has 0 rings (SSSR count). The maximum atomic E-state index is 4.06. The third kappa shape index (κ3) is 9.34. The van der Waals surface area contributed by atoms with Gasteiger partial charge in [-0.1, -0.05) is 6.92 Å². The maximum absolute atomic E-state index is 4.06. The molecule has 0 aromatic carbocycles. The quantitative estimate of drug-likeness (QED) is 0.438. The molecule has 0 saturated carbocycles. The van der Waals surface area contributed by atoms with Gasteiger partial charge in [-0.05, 0) is 6.42 Å². The van der Waals surface area contributed by atoms with Gasteiger partial charge >= 0.3 is 0 Å². The Balaban J connectivity index is 3.49. The van der Waals surface area contributed by atoms with E-state index in [-0.39, 0.29) is 0 Å². The summed E-state index contributed by atoms with van der Waals surface area (Å²) < 4.78 is 0.943. The molecule has 0 aromatic rings. The minimum absolute atomic E-state index is 0.816. The van der Waals surface area contributed by atoms with Crippen LogP contribution >= 0.6 is 0 Å². The van der Waals surface area contributed by atoms with Crippen molar-refractivity contribution < 1.29 is 4.48 Å². The normalized spacial score (nSPS) is 10.7. The van der Waals surface area contributed by atoms with Crippen molar-refractivity contribution in [1.29, 1.82) is 0 Å². The van der Waals surface area contributed by atoms with Gasteiger partial charge < -0.3 is 4.48 Å². The van der Waals surface area contributed by atoms with E-state index >= 15 is 0 Å². The molecule has 0 aliphatic carbocycles. The molecule has 70 valence electrons. The van der Waals surface area contributed by atoms with Crippen LogP contribution in [0.25, 0.3) is 0 Å². The van der Waals surface area contributed by atoms with Gasteiger partial charge in [-0.3, -0.25) is 0 Å². The van der Waals surface area contributed by atoms with E-state index in [0.717, 1.165) is 30.5 Å². The fraction of sp³-hybridized carbons (Fsp3) is 0.889. The zero-order valence-electron chi connectivity index (χ0n) is 8.67. The predicted molar refractivity (Wildman–Crippen MR) is 52.8 cm³/mol. The van der Waals surface area contributed by atoms with Crippen LogP contribution < -0.4 is 0 Å². The Morgan fingerprint density at radius 2 is 1.67 bits per heavy atom. The number of quaternary nitrogens is 1. The number of hydrogen-bond donors (Lipinski definition) is 0. The van der Waals surface area contributed by atoms with Crippen molar-refractivity contribution in [3.63, 3.8) is 0 Å². The fourth-order valence-corrected chi connectivity index (χ4v) is 0.612. The van der Waals surface area contributed by atoms with Crippen molar-refractivity contribution in [2.24, 2.45) is 9.98 Å². The molecule has 0 saturated heterocycles. The molecular weight excluding hydrogens is 150 g/mol. The predicted octanol–water partition coefficient (Wildman–Crippen LogP) is 1.28. The van der Waals surface area contributed by atoms with Gasteiger partial charge in [0.25, 0.3) is 0 Å². The van der Waals surface area contributed by atoms with Crippen molar-refractivity contribution in [3.8, 4) is 0 Å². The zero-order valence-corrected chi connectivity index (χ0v) is 8.67. The van der Waals surface area contributed by atoms with E-state index in [1.165, 1.54) is 0 Å². The lowest BCUT2D eigenvalue weighted by molar-refractivity contribution is -0.868. The lowest BCUT2D eigenvalue weighted by Crippen LogP contribution is -2.36. The average Bonchev–Trinajstić information content (AvgIpc) is 1.94. The Kier molecular flexibility index (Phi) is 5.60. The third-order valence-electron chi connectivity index (χ3n) is 1.36. The van der Waals surface area contributed by atoms with Gasteiger partial charge in [0.1, 0.15) is 0 Å². The summed E-state index contributed by atoms with van der Waals surface area (Å²) in [5.74, 6) is 0. The molecule has 0 aliphatic rings. The summed E-state index contributed by atoms with van der Waals surface area (Å²) >= 11 is 0. The molecule has 3 heteroatoms. The van der Waals surface area contributed by atoms with Crippen LogP contribution in [0.3, 0.4) is 0 Å². The summed E-state index contributed by atoms with van der Waals surface area (Å²) in [5.41, 5.74) is 0. The Morgan fingerprint density at radius 3 is 2.17 bits per heavy atom. The first kappa shape index (κ1) is 11.3. The molecule has 0 unspecified atom stereocenters. The number of nitrogens with zero attached hydrogens (tertiary/aromatic N) is 3. The van der Waals surface area contributed by atoms with E-state index in [1.54, 1.807) is 0 Å². The Labute approximate surface area is 75.4 Å². The van der Waals surface area contributed by atoms with Crippen molar-refractivity contribution in [2.45, 2.75) is 13.3 Å². The summed E-state index contributed by atoms with van der Waals surface area (Å²) in [4.78, 5) is 8.05. The lowest BCUT2D eigenvalue weighted by atomic mass is 10.5. The van der Waals surface area contributed by atoms with Crippen molar-refractivity contribution in [1.82, 2.24) is 0 Å². The number of hydrogen-bond acceptors (Lipinski definition) is 2. The molecule has 0 amide bonds. The van der Waals surface area contributed by atoms with Gasteiger partial charge in [-0.15, -0.1) is 0 Å². The molecular formula is C9H20N3+. The third-order valence-corrected chi connectivity index (χ3v) is 1.36. The minimum atomic E-state index is 0.816. The zero-order chi connectivity index (χ0) is 9.45. The van der Waals surface area contributed by atoms with Gasteiger partial charge in [0.2, 0.25) is 0 Å². The van der Waals surface area contributed by atoms with Crippen molar-refractivity contribution in [3.05, 3.63) is 0 Å². The fourth-order valence-electron chi connectivity index (χ4n) is 0.612. The topological polar surface area (TPSA) is 24.7 Å². The highest BCUT2D eigenvalue weighted by Crippen LogP contribution is 1.87. The summed E-state index contributed by atoms with van der Waals surface area (Å²) in [6, 6.07) is 2.70. The second-order valence-corrected chi connectivity index (χ2v) is 3.88. The van der Waals surface area contributed by atoms with E-state index in [4.69, 9.17) is 0 Å². The molecule has 0 heterocycles. The van der Waals surface area contributed by atoms with Crippen LogP contribution in [-0.2, 0) is 0 Å². The van der Waals surface area contributed by atoms with Gasteiger partial charge in [-0.25, -0.2) is 9.98 Å². The van der Waals surface area contributed by atoms with E-state index in [0.29, 0.717) is 0 Å². The van der Waals surface area contributed by atoms with Crippen LogP contribution in [0.5, 0.6) is 0 Å². The second kappa shape index (κ2) is 5.92. The first-order chi connectivity index (χ1) is 5.56. The van der Waals surface area contributed by atoms with Crippen LogP contribution in [0.1, 0.15) is 13.3 Å². The first-order valence-electron chi connectivity index (χ1n) is 4.44. The number of rotatable bonds is 5. The summed E-state index contributed by atoms with van der Waals surface area (Å²) in [6.07, 6.45) is 1.07. The molecule has 3 nitrogen and oxygen atoms in total. The number of aliphatic imine (C=N–C) groups is 2. The van der Waals surface area contributed by atoms with E-state index in [2.05, 4.69) is 44.1 Å². The van der Waals surface area contributed by atoms with Crippen molar-refractivity contribution in [2.75, 3.05) is 40.8 Å². The maximum Gasteiger partial charge on any atom is 0.0990 e. The van der Waals surface area contributed by atoms with Crippen molar-refractivity contribution >= 4 is 6.01 Å². The molecule has 0 N–H and O–H groups in total. The molecule has 0 fully saturated rings. The lowest BCUT2D eigenvalue weighted by Gasteiger charge is -2.22. The molecule has 0 aliphatic heterocycles. The highest BCUT2D eigenvalue weighted by Gasteiger charge is 2.03. The standard InChI is InChI=1S/C9H20N3/c1-5-6-10-9-11-7-8-12(2,3)4/h5-8H2,1-4H3/q+1. The minimum Gasteiger partial charge on any atom is -0.329 e. The Bertz CT molecular complexity index is 161. The summed E-state index contributed by atoms with van der Waals surface area (Å²) in [7, 11) is 6.45. The van der Waals surface area contributed by atoms with Crippen LogP contribution in [0.2, 0.25) is 0 Å². The van der Waals surface area contributed by atoms with Gasteiger partial charge in [0.05, 0.1) is 40.2 Å². The van der Waals surface area contributed by atoms with E-state index in [9.17, 15) is 0 Å². The Hall–Kier alpha value is -0.660.